The van der Waals surface area contributed by atoms with Gasteiger partial charge in [-0.3, -0.25) is 9.36 Å². The third-order valence-corrected chi connectivity index (χ3v) is 5.25. The maximum atomic E-state index is 13.3. The van der Waals surface area contributed by atoms with E-state index in [4.69, 9.17) is 9.72 Å². The molecule has 1 aromatic carbocycles. The number of carbonyl (C=O) groups is 1. The van der Waals surface area contributed by atoms with Crippen LogP contribution in [0.2, 0.25) is 0 Å². The summed E-state index contributed by atoms with van der Waals surface area (Å²) in [7, 11) is 1.34. The zero-order valence-corrected chi connectivity index (χ0v) is 17.6. The fourth-order valence-electron chi connectivity index (χ4n) is 3.64. The number of methoxy groups -OCH3 is 1. The van der Waals surface area contributed by atoms with Crippen molar-refractivity contribution in [1.82, 2.24) is 24.6 Å². The first-order valence-electron chi connectivity index (χ1n) is 10.1. The summed E-state index contributed by atoms with van der Waals surface area (Å²) in [6.07, 6.45) is 1.63. The number of hydrogen-bond donors (Lipinski definition) is 1. The standard InChI is InChI=1S/C22H24N6O3/c1-3-4-11-27-19-18(25-22(27)26-12-9-23-10-13-26)14-24-28(20(19)29)15-16-5-7-17(8-6-16)21(30)31-2/h5-8,14,23H,9-13,15H2,1-2H3. The van der Waals surface area contributed by atoms with Crippen molar-refractivity contribution in [1.29, 1.82) is 0 Å². The van der Waals surface area contributed by atoms with Crippen LogP contribution in [0.25, 0.3) is 11.0 Å². The van der Waals surface area contributed by atoms with E-state index in [1.54, 1.807) is 37.4 Å². The molecule has 0 aliphatic carbocycles. The Balaban J connectivity index is 1.72. The van der Waals surface area contributed by atoms with Gasteiger partial charge in [-0.05, 0) is 24.6 Å². The number of piperazine rings is 1. The van der Waals surface area contributed by atoms with Crippen LogP contribution in [-0.4, -0.2) is 58.6 Å². The first kappa shape index (κ1) is 20.6. The van der Waals surface area contributed by atoms with E-state index in [0.29, 0.717) is 23.1 Å². The monoisotopic (exact) mass is 420 g/mol. The largest absolute Gasteiger partial charge is 0.465 e. The second kappa shape index (κ2) is 9.02. The molecule has 0 spiro atoms. The minimum Gasteiger partial charge on any atom is -0.465 e. The summed E-state index contributed by atoms with van der Waals surface area (Å²) in [6, 6.07) is 6.93. The van der Waals surface area contributed by atoms with Gasteiger partial charge in [-0.2, -0.15) is 5.10 Å². The average Bonchev–Trinajstić information content (AvgIpc) is 3.19. The molecule has 1 aliphatic heterocycles. The molecule has 3 heterocycles. The number of nitrogens with one attached hydrogen (secondary N) is 1. The van der Waals surface area contributed by atoms with Crippen molar-refractivity contribution in [3.63, 3.8) is 0 Å². The second-order valence-corrected chi connectivity index (χ2v) is 7.19. The lowest BCUT2D eigenvalue weighted by molar-refractivity contribution is 0.0600. The highest BCUT2D eigenvalue weighted by Crippen LogP contribution is 2.20. The van der Waals surface area contributed by atoms with Gasteiger partial charge in [-0.15, -0.1) is 5.92 Å². The van der Waals surface area contributed by atoms with Crippen molar-refractivity contribution >= 4 is 23.0 Å². The lowest BCUT2D eigenvalue weighted by Crippen LogP contribution is -2.44. The molecule has 2 aromatic heterocycles. The summed E-state index contributed by atoms with van der Waals surface area (Å²) >= 11 is 0. The molecule has 1 N–H and O–H groups in total. The quantitative estimate of drug-likeness (QED) is 0.483. The van der Waals surface area contributed by atoms with Crippen molar-refractivity contribution in [2.75, 3.05) is 38.2 Å². The number of imidazole rings is 1. The number of esters is 1. The molecule has 160 valence electrons. The number of ether oxygens (including phenoxy) is 1. The van der Waals surface area contributed by atoms with Gasteiger partial charge in [0.15, 0.2) is 0 Å². The molecule has 1 fully saturated rings. The molecule has 0 radical (unpaired) electrons. The minimum atomic E-state index is -0.398. The summed E-state index contributed by atoms with van der Waals surface area (Å²) in [6.45, 7) is 5.82. The van der Waals surface area contributed by atoms with Crippen LogP contribution < -0.4 is 15.8 Å². The lowest BCUT2D eigenvalue weighted by Gasteiger charge is -2.28. The first-order chi connectivity index (χ1) is 15.1. The molecule has 1 aliphatic rings. The molecular weight excluding hydrogens is 396 g/mol. The third kappa shape index (κ3) is 4.15. The highest BCUT2D eigenvalue weighted by atomic mass is 16.5. The van der Waals surface area contributed by atoms with Crippen molar-refractivity contribution in [2.45, 2.75) is 20.0 Å². The van der Waals surface area contributed by atoms with Crippen LogP contribution in [-0.2, 0) is 17.8 Å². The smallest absolute Gasteiger partial charge is 0.337 e. The Hall–Kier alpha value is -3.64. The minimum absolute atomic E-state index is 0.221. The van der Waals surface area contributed by atoms with Gasteiger partial charge >= 0.3 is 5.97 Å². The van der Waals surface area contributed by atoms with E-state index in [-0.39, 0.29) is 12.1 Å². The van der Waals surface area contributed by atoms with Crippen LogP contribution in [0, 0.1) is 11.8 Å². The predicted octanol–water partition coefficient (Wildman–Crippen LogP) is 0.861. The number of rotatable bonds is 5. The average molecular weight is 420 g/mol. The Morgan fingerprint density at radius 2 is 1.97 bits per heavy atom. The fraction of sp³-hybridized carbons (Fsp3) is 0.364. The van der Waals surface area contributed by atoms with Gasteiger partial charge in [0, 0.05) is 26.2 Å². The molecule has 0 atom stereocenters. The summed E-state index contributed by atoms with van der Waals surface area (Å²) in [5.41, 5.74) is 2.15. The van der Waals surface area contributed by atoms with Crippen molar-refractivity contribution < 1.29 is 9.53 Å². The Bertz CT molecular complexity index is 1210. The third-order valence-electron chi connectivity index (χ3n) is 5.25. The van der Waals surface area contributed by atoms with E-state index in [0.717, 1.165) is 37.7 Å². The SMILES string of the molecule is CC#CCn1c(N2CCNCC2)nc2cnn(Cc3ccc(C(=O)OC)cc3)c(=O)c21. The van der Waals surface area contributed by atoms with Gasteiger partial charge in [-0.1, -0.05) is 18.1 Å². The van der Waals surface area contributed by atoms with Crippen LogP contribution in [0.3, 0.4) is 0 Å². The van der Waals surface area contributed by atoms with Crippen molar-refractivity contribution in [3.8, 4) is 11.8 Å². The summed E-state index contributed by atoms with van der Waals surface area (Å²) in [5, 5.41) is 7.65. The van der Waals surface area contributed by atoms with E-state index >= 15 is 0 Å². The normalized spacial score (nSPS) is 13.7. The van der Waals surface area contributed by atoms with E-state index in [1.807, 2.05) is 4.57 Å². The topological polar surface area (TPSA) is 94.3 Å². The summed E-state index contributed by atoms with van der Waals surface area (Å²) in [5.74, 6) is 6.31. The van der Waals surface area contributed by atoms with Gasteiger partial charge in [0.1, 0.15) is 11.0 Å². The number of hydrogen-bond acceptors (Lipinski definition) is 7. The van der Waals surface area contributed by atoms with Crippen LogP contribution in [0.1, 0.15) is 22.8 Å². The molecular formula is C22H24N6O3. The Morgan fingerprint density at radius 3 is 2.65 bits per heavy atom. The highest BCUT2D eigenvalue weighted by molar-refractivity contribution is 5.89. The van der Waals surface area contributed by atoms with Gasteiger partial charge < -0.3 is 15.0 Å². The second-order valence-electron chi connectivity index (χ2n) is 7.19. The lowest BCUT2D eigenvalue weighted by atomic mass is 10.1. The van der Waals surface area contributed by atoms with Gasteiger partial charge in [0.05, 0.1) is 32.0 Å². The van der Waals surface area contributed by atoms with Gasteiger partial charge in [0.2, 0.25) is 5.95 Å². The number of benzene rings is 1. The zero-order valence-electron chi connectivity index (χ0n) is 17.6. The molecule has 9 heteroatoms. The Kier molecular flexibility index (Phi) is 6.00. The molecule has 0 unspecified atom stereocenters. The maximum absolute atomic E-state index is 13.3. The van der Waals surface area contributed by atoms with Crippen LogP contribution >= 0.6 is 0 Å². The van der Waals surface area contributed by atoms with Crippen LogP contribution in [0.5, 0.6) is 0 Å². The number of anilines is 1. The fourth-order valence-corrected chi connectivity index (χ4v) is 3.64. The van der Waals surface area contributed by atoms with E-state index in [9.17, 15) is 9.59 Å². The Morgan fingerprint density at radius 1 is 1.23 bits per heavy atom. The maximum Gasteiger partial charge on any atom is 0.337 e. The number of aromatic nitrogens is 4. The van der Waals surface area contributed by atoms with Crippen molar-refractivity contribution in [3.05, 3.63) is 51.9 Å². The molecule has 0 bridgehead atoms. The van der Waals surface area contributed by atoms with E-state index in [1.165, 1.54) is 11.8 Å². The predicted molar refractivity (Wildman–Crippen MR) is 117 cm³/mol. The van der Waals surface area contributed by atoms with Gasteiger partial charge in [0.25, 0.3) is 5.56 Å². The molecule has 9 nitrogen and oxygen atoms in total. The molecule has 1 saturated heterocycles. The number of fused-ring (bicyclic) bond motifs is 1. The Labute approximate surface area is 179 Å². The van der Waals surface area contributed by atoms with Crippen LogP contribution in [0.4, 0.5) is 5.95 Å². The first-order valence-corrected chi connectivity index (χ1v) is 10.1. The molecule has 0 saturated carbocycles. The van der Waals surface area contributed by atoms with E-state index < -0.39 is 5.97 Å². The number of carbonyl (C=O) groups excluding carboxylic acids is 1. The molecule has 4 rings (SSSR count). The van der Waals surface area contributed by atoms with E-state index in [2.05, 4.69) is 27.2 Å². The van der Waals surface area contributed by atoms with Gasteiger partial charge in [-0.25, -0.2) is 14.5 Å². The van der Waals surface area contributed by atoms with Crippen LogP contribution in [0.15, 0.2) is 35.3 Å². The zero-order chi connectivity index (χ0) is 21.8. The molecule has 31 heavy (non-hydrogen) atoms. The van der Waals surface area contributed by atoms with Crippen molar-refractivity contribution in [2.24, 2.45) is 0 Å². The molecule has 3 aromatic rings. The number of nitrogens with zero attached hydrogens (tertiary/aromatic N) is 5. The highest BCUT2D eigenvalue weighted by Gasteiger charge is 2.21. The summed E-state index contributed by atoms with van der Waals surface area (Å²) < 4.78 is 8.02. The molecule has 0 amide bonds. The summed E-state index contributed by atoms with van der Waals surface area (Å²) in [4.78, 5) is 31.8.